The Morgan fingerprint density at radius 3 is 2.83 bits per heavy atom. The molecule has 0 aromatic carbocycles. The molecular formula is C18H23N5O. The van der Waals surface area contributed by atoms with Crippen LogP contribution in [0.15, 0.2) is 36.8 Å². The first-order valence-electron chi connectivity index (χ1n) is 8.81. The predicted octanol–water partition coefficient (Wildman–Crippen LogP) is 2.74. The van der Waals surface area contributed by atoms with E-state index in [0.29, 0.717) is 12.6 Å². The van der Waals surface area contributed by atoms with Gasteiger partial charge in [-0.3, -0.25) is 0 Å². The molecule has 6 heteroatoms. The fourth-order valence-electron chi connectivity index (χ4n) is 3.70. The first kappa shape index (κ1) is 15.2. The Morgan fingerprint density at radius 2 is 2.17 bits per heavy atom. The van der Waals surface area contributed by atoms with Gasteiger partial charge in [-0.15, -0.1) is 0 Å². The lowest BCUT2D eigenvalue weighted by atomic mass is 9.79. The quantitative estimate of drug-likeness (QED) is 0.940. The summed E-state index contributed by atoms with van der Waals surface area (Å²) in [6.45, 7) is 1.41. The minimum Gasteiger partial charge on any atom is -0.334 e. The van der Waals surface area contributed by atoms with Gasteiger partial charge < -0.3 is 10.2 Å². The Hall–Kier alpha value is -2.37. The van der Waals surface area contributed by atoms with Gasteiger partial charge in [0.2, 0.25) is 0 Å². The molecule has 3 heterocycles. The van der Waals surface area contributed by atoms with Gasteiger partial charge in [-0.2, -0.15) is 5.10 Å². The van der Waals surface area contributed by atoms with Crippen molar-refractivity contribution >= 4 is 6.03 Å². The lowest BCUT2D eigenvalue weighted by Gasteiger charge is -2.36. The van der Waals surface area contributed by atoms with Gasteiger partial charge in [-0.1, -0.05) is 12.5 Å². The second-order valence-corrected chi connectivity index (χ2v) is 6.73. The maximum Gasteiger partial charge on any atom is 0.317 e. The molecule has 4 rings (SSSR count). The molecule has 2 fully saturated rings. The van der Waals surface area contributed by atoms with Crippen LogP contribution in [0.5, 0.6) is 0 Å². The van der Waals surface area contributed by atoms with Crippen molar-refractivity contribution in [2.45, 2.75) is 44.7 Å². The number of rotatable bonds is 4. The van der Waals surface area contributed by atoms with E-state index in [4.69, 9.17) is 0 Å². The monoisotopic (exact) mass is 325 g/mol. The van der Waals surface area contributed by atoms with Crippen LogP contribution in [0.3, 0.4) is 0 Å². The molecular weight excluding hydrogens is 302 g/mol. The third-order valence-corrected chi connectivity index (χ3v) is 5.25. The van der Waals surface area contributed by atoms with Crippen molar-refractivity contribution in [2.75, 3.05) is 6.54 Å². The molecule has 2 aromatic rings. The minimum absolute atomic E-state index is 0.0700. The lowest BCUT2D eigenvalue weighted by Crippen LogP contribution is -2.46. The van der Waals surface area contributed by atoms with Crippen LogP contribution in [0.4, 0.5) is 4.79 Å². The highest BCUT2D eigenvalue weighted by molar-refractivity contribution is 5.74. The van der Waals surface area contributed by atoms with Gasteiger partial charge in [0.1, 0.15) is 0 Å². The Labute approximate surface area is 141 Å². The number of hydrogen-bond acceptors (Lipinski definition) is 3. The van der Waals surface area contributed by atoms with Crippen molar-refractivity contribution < 1.29 is 4.79 Å². The van der Waals surface area contributed by atoms with E-state index in [1.165, 1.54) is 19.3 Å². The maximum absolute atomic E-state index is 12.5. The van der Waals surface area contributed by atoms with Crippen molar-refractivity contribution in [1.82, 2.24) is 25.0 Å². The van der Waals surface area contributed by atoms with Gasteiger partial charge in [-0.25, -0.2) is 14.5 Å². The lowest BCUT2D eigenvalue weighted by molar-refractivity contribution is 0.139. The smallest absolute Gasteiger partial charge is 0.317 e. The van der Waals surface area contributed by atoms with E-state index in [-0.39, 0.29) is 6.03 Å². The van der Waals surface area contributed by atoms with Crippen molar-refractivity contribution in [3.8, 4) is 5.82 Å². The van der Waals surface area contributed by atoms with Crippen molar-refractivity contribution in [3.63, 3.8) is 0 Å². The van der Waals surface area contributed by atoms with Gasteiger partial charge in [0.25, 0.3) is 0 Å². The number of aromatic nitrogens is 3. The third kappa shape index (κ3) is 3.00. The molecule has 0 bridgehead atoms. The number of urea groups is 1. The van der Waals surface area contributed by atoms with E-state index in [9.17, 15) is 4.79 Å². The second-order valence-electron chi connectivity index (χ2n) is 6.73. The highest BCUT2D eigenvalue weighted by atomic mass is 16.2. The molecule has 0 spiro atoms. The number of amides is 2. The number of hydrogen-bond donors (Lipinski definition) is 1. The van der Waals surface area contributed by atoms with E-state index in [1.807, 2.05) is 24.4 Å². The number of nitrogens with one attached hydrogen (secondary N) is 1. The normalized spacial score (nSPS) is 20.8. The summed E-state index contributed by atoms with van der Waals surface area (Å²) in [6, 6.07) is 6.29. The molecule has 1 aliphatic heterocycles. The van der Waals surface area contributed by atoms with Crippen LogP contribution in [0.25, 0.3) is 5.82 Å². The van der Waals surface area contributed by atoms with Gasteiger partial charge in [0, 0.05) is 37.7 Å². The first-order valence-corrected chi connectivity index (χ1v) is 8.81. The van der Waals surface area contributed by atoms with Crippen molar-refractivity contribution in [2.24, 2.45) is 5.92 Å². The number of likely N-dealkylation sites (tertiary alicyclic amines) is 1. The standard InChI is InChI=1S/C18H23N5O/c24-18(22-10-2-6-16(22)15-4-1-5-15)20-13-14-7-8-17(19-12-14)23-11-3-9-21-23/h3,7-9,11-12,15-16H,1-2,4-6,10,13H2,(H,20,24). The van der Waals surface area contributed by atoms with Gasteiger partial charge >= 0.3 is 6.03 Å². The average molecular weight is 325 g/mol. The molecule has 2 aliphatic rings. The molecule has 6 nitrogen and oxygen atoms in total. The molecule has 1 N–H and O–H groups in total. The summed E-state index contributed by atoms with van der Waals surface area (Å²) in [5.74, 6) is 1.51. The molecule has 1 atom stereocenters. The van der Waals surface area contributed by atoms with Crippen LogP contribution < -0.4 is 5.32 Å². The highest BCUT2D eigenvalue weighted by Gasteiger charge is 2.37. The average Bonchev–Trinajstić information content (AvgIpc) is 3.23. The Morgan fingerprint density at radius 1 is 1.25 bits per heavy atom. The zero-order chi connectivity index (χ0) is 16.4. The summed E-state index contributed by atoms with van der Waals surface area (Å²) in [4.78, 5) is 19.0. The maximum atomic E-state index is 12.5. The number of pyridine rings is 1. The fourth-order valence-corrected chi connectivity index (χ4v) is 3.70. The largest absolute Gasteiger partial charge is 0.334 e. The van der Waals surface area contributed by atoms with Gasteiger partial charge in [-0.05, 0) is 49.3 Å². The summed E-state index contributed by atoms with van der Waals surface area (Å²) >= 11 is 0. The van der Waals surface area contributed by atoms with Crippen LogP contribution in [-0.2, 0) is 6.54 Å². The SMILES string of the molecule is O=C(NCc1ccc(-n2cccn2)nc1)N1CCCC1C1CCC1. The number of carbonyl (C=O) groups is 1. The fraction of sp³-hybridized carbons (Fsp3) is 0.500. The van der Waals surface area contributed by atoms with Crippen molar-refractivity contribution in [3.05, 3.63) is 42.4 Å². The van der Waals surface area contributed by atoms with E-state index in [0.717, 1.165) is 36.7 Å². The molecule has 24 heavy (non-hydrogen) atoms. The Balaban J connectivity index is 1.33. The van der Waals surface area contributed by atoms with Crippen LogP contribution in [0, 0.1) is 5.92 Å². The number of nitrogens with zero attached hydrogens (tertiary/aromatic N) is 4. The molecule has 1 aliphatic carbocycles. The van der Waals surface area contributed by atoms with Gasteiger partial charge in [0.05, 0.1) is 0 Å². The van der Waals surface area contributed by atoms with E-state index < -0.39 is 0 Å². The minimum atomic E-state index is 0.0700. The number of carbonyl (C=O) groups excluding carboxylic acids is 1. The predicted molar refractivity (Wildman–Crippen MR) is 90.7 cm³/mol. The summed E-state index contributed by atoms with van der Waals surface area (Å²) in [7, 11) is 0. The van der Waals surface area contributed by atoms with Crippen LogP contribution in [0.1, 0.15) is 37.7 Å². The van der Waals surface area contributed by atoms with E-state index in [1.54, 1.807) is 17.1 Å². The van der Waals surface area contributed by atoms with Crippen LogP contribution >= 0.6 is 0 Å². The first-order chi connectivity index (χ1) is 11.8. The molecule has 2 aromatic heterocycles. The molecule has 1 unspecified atom stereocenters. The van der Waals surface area contributed by atoms with E-state index >= 15 is 0 Å². The summed E-state index contributed by atoms with van der Waals surface area (Å²) in [5, 5.41) is 7.21. The van der Waals surface area contributed by atoms with Crippen LogP contribution in [-0.4, -0.2) is 38.3 Å². The highest BCUT2D eigenvalue weighted by Crippen LogP contribution is 2.37. The summed E-state index contributed by atoms with van der Waals surface area (Å²) in [6.07, 6.45) is 11.6. The van der Waals surface area contributed by atoms with E-state index in [2.05, 4.69) is 20.3 Å². The zero-order valence-electron chi connectivity index (χ0n) is 13.8. The summed E-state index contributed by atoms with van der Waals surface area (Å²) < 4.78 is 1.72. The molecule has 2 amide bonds. The molecule has 126 valence electrons. The molecule has 1 saturated heterocycles. The second kappa shape index (κ2) is 6.63. The summed E-state index contributed by atoms with van der Waals surface area (Å²) in [5.41, 5.74) is 0.999. The molecule has 1 saturated carbocycles. The van der Waals surface area contributed by atoms with Crippen LogP contribution in [0.2, 0.25) is 0 Å². The molecule has 0 radical (unpaired) electrons. The Bertz CT molecular complexity index is 678. The topological polar surface area (TPSA) is 63.1 Å². The Kier molecular flexibility index (Phi) is 4.19. The zero-order valence-corrected chi connectivity index (χ0v) is 13.8. The van der Waals surface area contributed by atoms with Crippen molar-refractivity contribution in [1.29, 1.82) is 0 Å². The van der Waals surface area contributed by atoms with Gasteiger partial charge in [0.15, 0.2) is 5.82 Å². The third-order valence-electron chi connectivity index (χ3n) is 5.25.